The van der Waals surface area contributed by atoms with Gasteiger partial charge in [-0.2, -0.15) is 5.10 Å². The molecule has 0 radical (unpaired) electrons. The number of benzene rings is 1. The van der Waals surface area contributed by atoms with Crippen molar-refractivity contribution in [3.8, 4) is 5.75 Å². The van der Waals surface area contributed by atoms with Crippen LogP contribution in [0.1, 0.15) is 26.3 Å². The number of amidine groups is 1. The van der Waals surface area contributed by atoms with Crippen LogP contribution in [0, 0.1) is 0 Å². The summed E-state index contributed by atoms with van der Waals surface area (Å²) in [4.78, 5) is 0. The van der Waals surface area contributed by atoms with Gasteiger partial charge in [-0.3, -0.25) is 0 Å². The molecule has 0 aromatic heterocycles. The van der Waals surface area contributed by atoms with E-state index in [-0.39, 0.29) is 5.84 Å². The molecule has 0 amide bonds. The van der Waals surface area contributed by atoms with Crippen molar-refractivity contribution in [2.24, 2.45) is 16.7 Å². The van der Waals surface area contributed by atoms with E-state index in [1.807, 2.05) is 45.0 Å². The van der Waals surface area contributed by atoms with Crippen LogP contribution in [0.3, 0.4) is 0 Å². The molecule has 15 heavy (non-hydrogen) atoms. The molecule has 0 bridgehead atoms. The number of hydrogen-bond acceptors (Lipinski definition) is 3. The lowest BCUT2D eigenvalue weighted by molar-refractivity contribution is 0.339. The molecule has 0 heterocycles. The Morgan fingerprint density at radius 1 is 1.33 bits per heavy atom. The SMILES string of the molecule is CC.CCOc1ccccc1/C(N)=N/N. The summed E-state index contributed by atoms with van der Waals surface area (Å²) in [5.41, 5.74) is 6.30. The summed E-state index contributed by atoms with van der Waals surface area (Å²) in [5.74, 6) is 6.06. The topological polar surface area (TPSA) is 73.6 Å². The highest BCUT2D eigenvalue weighted by atomic mass is 16.5. The minimum Gasteiger partial charge on any atom is -0.493 e. The number of rotatable bonds is 3. The predicted octanol–water partition coefficient (Wildman–Crippen LogP) is 1.69. The third kappa shape index (κ3) is 3.89. The average molecular weight is 209 g/mol. The Labute approximate surface area is 90.9 Å². The van der Waals surface area contributed by atoms with Crippen LogP contribution in [-0.4, -0.2) is 12.4 Å². The van der Waals surface area contributed by atoms with Crippen molar-refractivity contribution in [1.82, 2.24) is 0 Å². The molecule has 0 spiro atoms. The van der Waals surface area contributed by atoms with Crippen molar-refractivity contribution in [3.05, 3.63) is 29.8 Å². The average Bonchev–Trinajstić information content (AvgIpc) is 2.32. The summed E-state index contributed by atoms with van der Waals surface area (Å²) in [7, 11) is 0. The molecule has 0 unspecified atom stereocenters. The van der Waals surface area contributed by atoms with Crippen molar-refractivity contribution < 1.29 is 4.74 Å². The smallest absolute Gasteiger partial charge is 0.154 e. The molecule has 4 N–H and O–H groups in total. The van der Waals surface area contributed by atoms with E-state index < -0.39 is 0 Å². The molecular weight excluding hydrogens is 190 g/mol. The molecule has 0 aliphatic rings. The van der Waals surface area contributed by atoms with Crippen LogP contribution >= 0.6 is 0 Å². The molecule has 84 valence electrons. The van der Waals surface area contributed by atoms with E-state index in [0.29, 0.717) is 12.4 Å². The number of nitrogens with two attached hydrogens (primary N) is 2. The van der Waals surface area contributed by atoms with E-state index in [4.69, 9.17) is 16.3 Å². The van der Waals surface area contributed by atoms with E-state index in [1.54, 1.807) is 0 Å². The first-order chi connectivity index (χ1) is 7.29. The summed E-state index contributed by atoms with van der Waals surface area (Å²) >= 11 is 0. The maximum atomic E-state index is 5.57. The van der Waals surface area contributed by atoms with Gasteiger partial charge >= 0.3 is 0 Å². The highest BCUT2D eigenvalue weighted by Gasteiger charge is 2.05. The van der Waals surface area contributed by atoms with E-state index in [1.165, 1.54) is 0 Å². The van der Waals surface area contributed by atoms with E-state index in [2.05, 4.69) is 5.10 Å². The summed E-state index contributed by atoms with van der Waals surface area (Å²) < 4.78 is 5.34. The van der Waals surface area contributed by atoms with Gasteiger partial charge in [0.25, 0.3) is 0 Å². The number of hydrogen-bond donors (Lipinski definition) is 2. The Bertz CT molecular complexity index is 310. The fourth-order valence-electron chi connectivity index (χ4n) is 1.03. The van der Waals surface area contributed by atoms with Gasteiger partial charge in [0.05, 0.1) is 12.2 Å². The van der Waals surface area contributed by atoms with Crippen molar-refractivity contribution in [2.45, 2.75) is 20.8 Å². The molecule has 0 saturated heterocycles. The summed E-state index contributed by atoms with van der Waals surface area (Å²) in [6.45, 7) is 6.50. The molecule has 1 aromatic rings. The Hall–Kier alpha value is -1.71. The van der Waals surface area contributed by atoms with Gasteiger partial charge in [-0.1, -0.05) is 26.0 Å². The number of ether oxygens (including phenoxy) is 1. The Balaban J connectivity index is 0.000000921. The highest BCUT2D eigenvalue weighted by Crippen LogP contribution is 2.16. The lowest BCUT2D eigenvalue weighted by atomic mass is 10.2. The molecule has 0 atom stereocenters. The first kappa shape index (κ1) is 13.3. The summed E-state index contributed by atoms with van der Waals surface area (Å²) in [6, 6.07) is 7.38. The van der Waals surface area contributed by atoms with Crippen LogP contribution < -0.4 is 16.3 Å². The highest BCUT2D eigenvalue weighted by molar-refractivity contribution is 5.99. The van der Waals surface area contributed by atoms with Crippen LogP contribution in [-0.2, 0) is 0 Å². The standard InChI is InChI=1S/C9H13N3O.C2H6/c1-2-13-8-6-4-3-5-7(8)9(10)12-11;1-2/h3-6H,2,11H2,1H3,(H2,10,12);1-2H3. The summed E-state index contributed by atoms with van der Waals surface area (Å²) in [5, 5.41) is 3.42. The first-order valence-corrected chi connectivity index (χ1v) is 5.05. The van der Waals surface area contributed by atoms with Crippen LogP contribution in [0.15, 0.2) is 29.4 Å². The molecule has 1 aromatic carbocycles. The lowest BCUT2D eigenvalue weighted by Gasteiger charge is -2.07. The maximum absolute atomic E-state index is 5.57. The second-order valence-electron chi connectivity index (χ2n) is 2.44. The largest absolute Gasteiger partial charge is 0.493 e. The zero-order valence-electron chi connectivity index (χ0n) is 9.53. The third-order valence-electron chi connectivity index (χ3n) is 1.60. The fraction of sp³-hybridized carbons (Fsp3) is 0.364. The molecule has 0 saturated carbocycles. The van der Waals surface area contributed by atoms with Gasteiger partial charge in [-0.15, -0.1) is 0 Å². The van der Waals surface area contributed by atoms with Crippen LogP contribution in [0.4, 0.5) is 0 Å². The van der Waals surface area contributed by atoms with Crippen LogP contribution in [0.5, 0.6) is 5.75 Å². The fourth-order valence-corrected chi connectivity index (χ4v) is 1.03. The van der Waals surface area contributed by atoms with Crippen molar-refractivity contribution in [2.75, 3.05) is 6.61 Å². The van der Waals surface area contributed by atoms with Crippen molar-refractivity contribution in [1.29, 1.82) is 0 Å². The van der Waals surface area contributed by atoms with Crippen molar-refractivity contribution >= 4 is 5.84 Å². The lowest BCUT2D eigenvalue weighted by Crippen LogP contribution is -2.16. The van der Waals surface area contributed by atoms with Gasteiger partial charge in [-0.25, -0.2) is 0 Å². The van der Waals surface area contributed by atoms with E-state index in [0.717, 1.165) is 5.56 Å². The molecular formula is C11H19N3O. The van der Waals surface area contributed by atoms with Crippen LogP contribution in [0.2, 0.25) is 0 Å². The second-order valence-corrected chi connectivity index (χ2v) is 2.44. The molecule has 1 rings (SSSR count). The van der Waals surface area contributed by atoms with Crippen LogP contribution in [0.25, 0.3) is 0 Å². The number of nitrogens with zero attached hydrogens (tertiary/aromatic N) is 1. The minimum absolute atomic E-state index is 0.282. The minimum atomic E-state index is 0.282. The number of hydrazone groups is 1. The molecule has 4 heteroatoms. The Morgan fingerprint density at radius 2 is 1.93 bits per heavy atom. The monoisotopic (exact) mass is 209 g/mol. The third-order valence-corrected chi connectivity index (χ3v) is 1.60. The quantitative estimate of drug-likeness (QED) is 0.344. The number of para-hydroxylation sites is 1. The van der Waals surface area contributed by atoms with Gasteiger partial charge in [0.2, 0.25) is 0 Å². The molecule has 0 aliphatic carbocycles. The van der Waals surface area contributed by atoms with Gasteiger partial charge in [0, 0.05) is 0 Å². The normalized spacial score (nSPS) is 10.2. The molecule has 0 aliphatic heterocycles. The van der Waals surface area contributed by atoms with Gasteiger partial charge in [-0.05, 0) is 19.1 Å². The van der Waals surface area contributed by atoms with Gasteiger partial charge in [0.15, 0.2) is 5.84 Å². The first-order valence-electron chi connectivity index (χ1n) is 5.05. The molecule has 0 fully saturated rings. The Kier molecular flexibility index (Phi) is 6.80. The van der Waals surface area contributed by atoms with Gasteiger partial charge in [0.1, 0.15) is 5.75 Å². The van der Waals surface area contributed by atoms with E-state index in [9.17, 15) is 0 Å². The zero-order chi connectivity index (χ0) is 11.7. The molecule has 4 nitrogen and oxygen atoms in total. The summed E-state index contributed by atoms with van der Waals surface area (Å²) in [6.07, 6.45) is 0. The maximum Gasteiger partial charge on any atom is 0.154 e. The zero-order valence-corrected chi connectivity index (χ0v) is 9.53. The van der Waals surface area contributed by atoms with E-state index >= 15 is 0 Å². The Morgan fingerprint density at radius 3 is 2.47 bits per heavy atom. The predicted molar refractivity (Wildman–Crippen MR) is 63.9 cm³/mol. The van der Waals surface area contributed by atoms with Gasteiger partial charge < -0.3 is 16.3 Å². The second kappa shape index (κ2) is 7.67. The van der Waals surface area contributed by atoms with Crippen molar-refractivity contribution in [3.63, 3.8) is 0 Å².